The van der Waals surface area contributed by atoms with Crippen molar-refractivity contribution in [2.24, 2.45) is 0 Å². The Labute approximate surface area is 107 Å². The lowest BCUT2D eigenvalue weighted by atomic mass is 10.0. The van der Waals surface area contributed by atoms with Gasteiger partial charge in [0.05, 0.1) is 19.8 Å². The van der Waals surface area contributed by atoms with Gasteiger partial charge in [0, 0.05) is 24.7 Å². The van der Waals surface area contributed by atoms with E-state index in [9.17, 15) is 0 Å². The van der Waals surface area contributed by atoms with E-state index in [1.807, 2.05) is 19.9 Å². The molecule has 5 heteroatoms. The Balaban J connectivity index is 1.83. The van der Waals surface area contributed by atoms with E-state index in [1.165, 1.54) is 0 Å². The van der Waals surface area contributed by atoms with E-state index < -0.39 is 5.79 Å². The van der Waals surface area contributed by atoms with Gasteiger partial charge in [0.15, 0.2) is 5.79 Å². The largest absolute Gasteiger partial charge is 0.351 e. The fourth-order valence-corrected chi connectivity index (χ4v) is 2.78. The van der Waals surface area contributed by atoms with Gasteiger partial charge in [-0.05, 0) is 20.3 Å². The van der Waals surface area contributed by atoms with E-state index >= 15 is 0 Å². The zero-order valence-electron chi connectivity index (χ0n) is 11.0. The summed E-state index contributed by atoms with van der Waals surface area (Å²) in [5.74, 6) is 1.40. The van der Waals surface area contributed by atoms with Crippen molar-refractivity contribution >= 4 is 5.82 Å². The number of nitrogens with zero attached hydrogens (tertiary/aromatic N) is 3. The van der Waals surface area contributed by atoms with Crippen LogP contribution in [-0.2, 0) is 9.47 Å². The third kappa shape index (κ3) is 2.20. The molecule has 0 saturated carbocycles. The van der Waals surface area contributed by atoms with E-state index in [0.717, 1.165) is 43.3 Å². The minimum Gasteiger partial charge on any atom is -0.351 e. The van der Waals surface area contributed by atoms with E-state index in [2.05, 4.69) is 14.9 Å². The van der Waals surface area contributed by atoms with Crippen LogP contribution in [0.4, 0.5) is 5.82 Å². The third-order valence-corrected chi connectivity index (χ3v) is 3.51. The van der Waals surface area contributed by atoms with Gasteiger partial charge in [-0.2, -0.15) is 0 Å². The normalized spacial score (nSPS) is 22.7. The number of rotatable bonds is 1. The molecule has 0 aromatic carbocycles. The number of hydrogen-bond acceptors (Lipinski definition) is 5. The number of aryl methyl sites for hydroxylation is 2. The summed E-state index contributed by atoms with van der Waals surface area (Å²) < 4.78 is 11.6. The number of aromatic nitrogens is 2. The molecule has 3 rings (SSSR count). The van der Waals surface area contributed by atoms with Crippen molar-refractivity contribution in [2.45, 2.75) is 32.5 Å². The van der Waals surface area contributed by atoms with E-state index in [1.54, 1.807) is 0 Å². The molecule has 0 amide bonds. The number of ether oxygens (including phenoxy) is 2. The Bertz CT molecular complexity index is 424. The lowest BCUT2D eigenvalue weighted by Crippen LogP contribution is -2.49. The van der Waals surface area contributed by atoms with Crippen molar-refractivity contribution < 1.29 is 9.47 Å². The minimum absolute atomic E-state index is 0.398. The van der Waals surface area contributed by atoms with Gasteiger partial charge >= 0.3 is 0 Å². The van der Waals surface area contributed by atoms with Crippen LogP contribution in [0.3, 0.4) is 0 Å². The molecule has 5 nitrogen and oxygen atoms in total. The standard InChI is InChI=1S/C13H19N3O2/c1-10-8-12(15-11(2)14-10)16-5-3-4-13(9-16)17-6-7-18-13/h8H,3-7,9H2,1-2H3. The van der Waals surface area contributed by atoms with Gasteiger partial charge in [0.2, 0.25) is 0 Å². The molecule has 0 atom stereocenters. The van der Waals surface area contributed by atoms with Gasteiger partial charge in [-0.3, -0.25) is 0 Å². The van der Waals surface area contributed by atoms with Crippen molar-refractivity contribution in [1.29, 1.82) is 0 Å². The molecule has 0 aliphatic carbocycles. The molecular weight excluding hydrogens is 230 g/mol. The predicted molar refractivity (Wildman–Crippen MR) is 67.6 cm³/mol. The summed E-state index contributed by atoms with van der Waals surface area (Å²) in [6.07, 6.45) is 2.05. The average Bonchev–Trinajstić information content (AvgIpc) is 2.76. The topological polar surface area (TPSA) is 47.5 Å². The molecule has 0 unspecified atom stereocenters. The molecule has 0 N–H and O–H groups in total. The first-order chi connectivity index (χ1) is 8.67. The van der Waals surface area contributed by atoms with Crippen molar-refractivity contribution in [3.8, 4) is 0 Å². The van der Waals surface area contributed by atoms with Crippen LogP contribution in [0.15, 0.2) is 6.07 Å². The van der Waals surface area contributed by atoms with Crippen LogP contribution in [-0.4, -0.2) is 42.1 Å². The minimum atomic E-state index is -0.398. The lowest BCUT2D eigenvalue weighted by molar-refractivity contribution is -0.161. The molecule has 1 aromatic heterocycles. The maximum atomic E-state index is 5.79. The molecule has 1 aromatic rings. The number of piperidine rings is 1. The monoisotopic (exact) mass is 249 g/mol. The maximum Gasteiger partial charge on any atom is 0.186 e. The second-order valence-electron chi connectivity index (χ2n) is 5.05. The Morgan fingerprint density at radius 1 is 1.22 bits per heavy atom. The Hall–Kier alpha value is -1.20. The highest BCUT2D eigenvalue weighted by molar-refractivity contribution is 5.40. The predicted octanol–water partition coefficient (Wildman–Crippen LogP) is 1.44. The van der Waals surface area contributed by atoms with Crippen LogP contribution in [0.5, 0.6) is 0 Å². The van der Waals surface area contributed by atoms with Gasteiger partial charge in [-0.1, -0.05) is 0 Å². The van der Waals surface area contributed by atoms with Crippen LogP contribution in [0, 0.1) is 13.8 Å². The SMILES string of the molecule is Cc1cc(N2CCCC3(C2)OCCO3)nc(C)n1. The first-order valence-electron chi connectivity index (χ1n) is 6.52. The fraction of sp³-hybridized carbons (Fsp3) is 0.692. The molecule has 2 fully saturated rings. The number of anilines is 1. The number of hydrogen-bond donors (Lipinski definition) is 0. The fourth-order valence-electron chi connectivity index (χ4n) is 2.78. The summed E-state index contributed by atoms with van der Waals surface area (Å²) in [5.41, 5.74) is 1.00. The van der Waals surface area contributed by atoms with E-state index in [0.29, 0.717) is 13.2 Å². The molecule has 18 heavy (non-hydrogen) atoms. The first kappa shape index (κ1) is 11.9. The lowest BCUT2D eigenvalue weighted by Gasteiger charge is -2.39. The van der Waals surface area contributed by atoms with Crippen molar-refractivity contribution in [3.05, 3.63) is 17.6 Å². The molecule has 2 aliphatic rings. The molecule has 3 heterocycles. The summed E-state index contributed by atoms with van der Waals surface area (Å²) in [7, 11) is 0. The van der Waals surface area contributed by atoms with Crippen LogP contribution in [0.25, 0.3) is 0 Å². The van der Waals surface area contributed by atoms with Gasteiger partial charge in [-0.15, -0.1) is 0 Å². The molecule has 1 spiro atoms. The zero-order chi connectivity index (χ0) is 12.6. The van der Waals surface area contributed by atoms with Gasteiger partial charge in [-0.25, -0.2) is 9.97 Å². The summed E-state index contributed by atoms with van der Waals surface area (Å²) in [4.78, 5) is 11.1. The van der Waals surface area contributed by atoms with Gasteiger partial charge < -0.3 is 14.4 Å². The molecule has 0 bridgehead atoms. The molecule has 2 saturated heterocycles. The molecular formula is C13H19N3O2. The highest BCUT2D eigenvalue weighted by Gasteiger charge is 2.41. The summed E-state index contributed by atoms with van der Waals surface area (Å²) in [5, 5.41) is 0. The first-order valence-corrected chi connectivity index (χ1v) is 6.52. The molecule has 0 radical (unpaired) electrons. The second-order valence-corrected chi connectivity index (χ2v) is 5.05. The Morgan fingerprint density at radius 2 is 2.00 bits per heavy atom. The summed E-state index contributed by atoms with van der Waals surface area (Å²) in [6, 6.07) is 2.03. The van der Waals surface area contributed by atoms with Crippen molar-refractivity contribution in [2.75, 3.05) is 31.2 Å². The smallest absolute Gasteiger partial charge is 0.186 e. The van der Waals surface area contributed by atoms with E-state index in [-0.39, 0.29) is 0 Å². The van der Waals surface area contributed by atoms with Crippen LogP contribution in [0.1, 0.15) is 24.4 Å². The van der Waals surface area contributed by atoms with Crippen molar-refractivity contribution in [1.82, 2.24) is 9.97 Å². The Morgan fingerprint density at radius 3 is 2.72 bits per heavy atom. The Kier molecular flexibility index (Phi) is 2.95. The van der Waals surface area contributed by atoms with Gasteiger partial charge in [0.1, 0.15) is 11.6 Å². The average molecular weight is 249 g/mol. The zero-order valence-corrected chi connectivity index (χ0v) is 11.0. The molecule has 2 aliphatic heterocycles. The highest BCUT2D eigenvalue weighted by Crippen LogP contribution is 2.32. The van der Waals surface area contributed by atoms with Gasteiger partial charge in [0.25, 0.3) is 0 Å². The highest BCUT2D eigenvalue weighted by atomic mass is 16.7. The van der Waals surface area contributed by atoms with Crippen LogP contribution < -0.4 is 4.90 Å². The summed E-state index contributed by atoms with van der Waals surface area (Å²) >= 11 is 0. The maximum absolute atomic E-state index is 5.79. The van der Waals surface area contributed by atoms with E-state index in [4.69, 9.17) is 9.47 Å². The van der Waals surface area contributed by atoms with Crippen LogP contribution in [0.2, 0.25) is 0 Å². The quantitative estimate of drug-likeness (QED) is 0.753. The summed E-state index contributed by atoms with van der Waals surface area (Å²) in [6.45, 7) is 7.11. The molecule has 98 valence electrons. The third-order valence-electron chi connectivity index (χ3n) is 3.51. The van der Waals surface area contributed by atoms with Crippen LogP contribution >= 0.6 is 0 Å². The van der Waals surface area contributed by atoms with Crippen molar-refractivity contribution in [3.63, 3.8) is 0 Å². The second kappa shape index (κ2) is 4.48.